The molecule has 0 bridgehead atoms. The number of phenolic OH excluding ortho intramolecular Hbond substituents is 1. The molecular formula is C22H16N2O2. The second-order valence-electron chi connectivity index (χ2n) is 6.13. The van der Waals surface area contributed by atoms with Gasteiger partial charge in [-0.1, -0.05) is 60.7 Å². The molecule has 126 valence electrons. The molecule has 3 N–H and O–H groups in total. The third-order valence-electron chi connectivity index (χ3n) is 4.55. The Morgan fingerprint density at radius 1 is 0.923 bits per heavy atom. The van der Waals surface area contributed by atoms with Gasteiger partial charge in [-0.15, -0.1) is 0 Å². The van der Waals surface area contributed by atoms with E-state index >= 15 is 0 Å². The molecule has 1 heterocycles. The average molecular weight is 340 g/mol. The minimum atomic E-state index is -0.325. The number of nitrogens with zero attached hydrogens (tertiary/aromatic N) is 1. The van der Waals surface area contributed by atoms with Crippen molar-refractivity contribution in [3.05, 3.63) is 95.4 Å². The van der Waals surface area contributed by atoms with E-state index in [1.165, 1.54) is 6.07 Å². The van der Waals surface area contributed by atoms with Gasteiger partial charge in [0.15, 0.2) is 0 Å². The lowest BCUT2D eigenvalue weighted by molar-refractivity contribution is 0.388. The van der Waals surface area contributed by atoms with E-state index in [0.717, 1.165) is 22.3 Å². The minimum absolute atomic E-state index is 0.0720. The molecule has 0 aliphatic carbocycles. The van der Waals surface area contributed by atoms with E-state index in [2.05, 4.69) is 18.2 Å². The van der Waals surface area contributed by atoms with Crippen LogP contribution in [0.3, 0.4) is 0 Å². The molecule has 0 aromatic heterocycles. The zero-order chi connectivity index (χ0) is 18.1. The Morgan fingerprint density at radius 2 is 1.62 bits per heavy atom. The Morgan fingerprint density at radius 3 is 2.31 bits per heavy atom. The van der Waals surface area contributed by atoms with Crippen LogP contribution in [0.5, 0.6) is 11.5 Å². The molecule has 0 amide bonds. The molecule has 0 unspecified atom stereocenters. The molecule has 4 heteroatoms. The van der Waals surface area contributed by atoms with Gasteiger partial charge in [0, 0.05) is 11.6 Å². The molecule has 0 fully saturated rings. The van der Waals surface area contributed by atoms with Crippen LogP contribution in [-0.2, 0) is 0 Å². The van der Waals surface area contributed by atoms with Crippen molar-refractivity contribution in [2.45, 2.75) is 5.92 Å². The number of allylic oxidation sites excluding steroid dienone is 1. The number of phenols is 1. The normalized spacial score (nSPS) is 15.7. The lowest BCUT2D eigenvalue weighted by Crippen LogP contribution is -2.20. The Labute approximate surface area is 151 Å². The van der Waals surface area contributed by atoms with Crippen molar-refractivity contribution in [3.63, 3.8) is 0 Å². The third-order valence-corrected chi connectivity index (χ3v) is 4.55. The molecule has 26 heavy (non-hydrogen) atoms. The minimum Gasteiger partial charge on any atom is -0.508 e. The predicted octanol–water partition coefficient (Wildman–Crippen LogP) is 4.28. The first-order valence-corrected chi connectivity index (χ1v) is 8.23. The fourth-order valence-electron chi connectivity index (χ4n) is 3.29. The van der Waals surface area contributed by atoms with Crippen LogP contribution in [-0.4, -0.2) is 5.11 Å². The van der Waals surface area contributed by atoms with Crippen molar-refractivity contribution >= 4 is 0 Å². The van der Waals surface area contributed by atoms with Gasteiger partial charge in [0.05, 0.1) is 5.92 Å². The number of ether oxygens (including phenoxy) is 1. The molecule has 3 aromatic rings. The molecule has 1 aliphatic rings. The summed E-state index contributed by atoms with van der Waals surface area (Å²) in [6.45, 7) is 0. The van der Waals surface area contributed by atoms with E-state index < -0.39 is 0 Å². The molecule has 0 spiro atoms. The lowest BCUT2D eigenvalue weighted by atomic mass is 9.83. The molecule has 0 radical (unpaired) electrons. The van der Waals surface area contributed by atoms with Crippen molar-refractivity contribution in [1.29, 1.82) is 5.26 Å². The van der Waals surface area contributed by atoms with Crippen LogP contribution in [0, 0.1) is 11.3 Å². The zero-order valence-electron chi connectivity index (χ0n) is 13.9. The summed E-state index contributed by atoms with van der Waals surface area (Å²) in [5.74, 6) is 0.311. The fourth-order valence-corrected chi connectivity index (χ4v) is 3.29. The third kappa shape index (κ3) is 2.66. The summed E-state index contributed by atoms with van der Waals surface area (Å²) >= 11 is 0. The van der Waals surface area contributed by atoms with Crippen molar-refractivity contribution in [1.82, 2.24) is 0 Å². The number of nitrogens with two attached hydrogens (primary N) is 1. The Balaban J connectivity index is 1.80. The number of hydrogen-bond donors (Lipinski definition) is 2. The number of aromatic hydroxyl groups is 1. The molecule has 4 nitrogen and oxygen atoms in total. The lowest BCUT2D eigenvalue weighted by Gasteiger charge is -2.26. The highest BCUT2D eigenvalue weighted by Gasteiger charge is 2.30. The fraction of sp³-hybridized carbons (Fsp3) is 0.0455. The van der Waals surface area contributed by atoms with Crippen molar-refractivity contribution in [3.8, 4) is 28.7 Å². The summed E-state index contributed by atoms with van der Waals surface area (Å²) in [7, 11) is 0. The van der Waals surface area contributed by atoms with E-state index in [1.54, 1.807) is 12.1 Å². The average Bonchev–Trinajstić information content (AvgIpc) is 2.67. The van der Waals surface area contributed by atoms with Gasteiger partial charge in [0.25, 0.3) is 0 Å². The van der Waals surface area contributed by atoms with Gasteiger partial charge in [-0.05, 0) is 22.8 Å². The quantitative estimate of drug-likeness (QED) is 0.730. The molecule has 1 aliphatic heterocycles. The van der Waals surface area contributed by atoms with Crippen LogP contribution in [0.2, 0.25) is 0 Å². The van der Waals surface area contributed by atoms with E-state index in [1.807, 2.05) is 42.5 Å². The van der Waals surface area contributed by atoms with Gasteiger partial charge in [0.2, 0.25) is 5.88 Å². The Hall–Kier alpha value is -3.71. The summed E-state index contributed by atoms with van der Waals surface area (Å²) in [4.78, 5) is 0. The summed E-state index contributed by atoms with van der Waals surface area (Å²) in [5.41, 5.74) is 10.3. The largest absolute Gasteiger partial charge is 0.508 e. The maximum Gasteiger partial charge on any atom is 0.205 e. The number of benzene rings is 3. The summed E-state index contributed by atoms with van der Waals surface area (Å²) in [6.07, 6.45) is 0. The predicted molar refractivity (Wildman–Crippen MR) is 99.3 cm³/mol. The van der Waals surface area contributed by atoms with Crippen LogP contribution in [0.25, 0.3) is 11.1 Å². The molecule has 0 saturated heterocycles. The van der Waals surface area contributed by atoms with Gasteiger partial charge in [0.1, 0.15) is 23.1 Å². The molecule has 1 atom stereocenters. The van der Waals surface area contributed by atoms with Crippen LogP contribution in [0.15, 0.2) is 84.3 Å². The second kappa shape index (κ2) is 6.30. The highest BCUT2D eigenvalue weighted by atomic mass is 16.5. The molecular weight excluding hydrogens is 324 g/mol. The SMILES string of the molecule is N#CC1=C(N)Oc2cc(O)ccc2[C@@H]1c1ccc(-c2ccccc2)cc1. The number of rotatable bonds is 2. The van der Waals surface area contributed by atoms with Gasteiger partial charge >= 0.3 is 0 Å². The monoisotopic (exact) mass is 340 g/mol. The summed E-state index contributed by atoms with van der Waals surface area (Å²) in [6, 6.07) is 25.2. The van der Waals surface area contributed by atoms with Crippen LogP contribution in [0.1, 0.15) is 17.0 Å². The summed E-state index contributed by atoms with van der Waals surface area (Å²) < 4.78 is 5.54. The zero-order valence-corrected chi connectivity index (χ0v) is 13.9. The van der Waals surface area contributed by atoms with Crippen LogP contribution >= 0.6 is 0 Å². The van der Waals surface area contributed by atoms with Crippen LogP contribution < -0.4 is 10.5 Å². The number of hydrogen-bond acceptors (Lipinski definition) is 4. The topological polar surface area (TPSA) is 79.3 Å². The van der Waals surface area contributed by atoms with E-state index in [-0.39, 0.29) is 17.6 Å². The maximum absolute atomic E-state index is 9.71. The van der Waals surface area contributed by atoms with Gasteiger partial charge in [-0.3, -0.25) is 0 Å². The smallest absolute Gasteiger partial charge is 0.205 e. The molecule has 0 saturated carbocycles. The number of fused-ring (bicyclic) bond motifs is 1. The number of nitriles is 1. The van der Waals surface area contributed by atoms with Crippen molar-refractivity contribution in [2.75, 3.05) is 0 Å². The first kappa shape index (κ1) is 15.8. The molecule has 3 aromatic carbocycles. The first-order chi connectivity index (χ1) is 12.7. The van der Waals surface area contributed by atoms with Crippen molar-refractivity contribution in [2.24, 2.45) is 5.73 Å². The first-order valence-electron chi connectivity index (χ1n) is 8.23. The van der Waals surface area contributed by atoms with Gasteiger partial charge < -0.3 is 15.6 Å². The standard InChI is InChI=1S/C22H16N2O2/c23-13-19-21(18-11-10-17(25)12-20(18)26-22(19)24)16-8-6-15(7-9-16)14-4-2-1-3-5-14/h1-12,21,25H,24H2/t21-/m0/s1. The van der Waals surface area contributed by atoms with Crippen LogP contribution in [0.4, 0.5) is 0 Å². The van der Waals surface area contributed by atoms with E-state index in [9.17, 15) is 10.4 Å². The van der Waals surface area contributed by atoms with E-state index in [0.29, 0.717) is 11.3 Å². The van der Waals surface area contributed by atoms with Gasteiger partial charge in [-0.25, -0.2) is 0 Å². The highest BCUT2D eigenvalue weighted by Crippen LogP contribution is 2.43. The highest BCUT2D eigenvalue weighted by molar-refractivity contribution is 5.65. The molecule has 4 rings (SSSR count). The maximum atomic E-state index is 9.71. The van der Waals surface area contributed by atoms with E-state index in [4.69, 9.17) is 10.5 Å². The summed E-state index contributed by atoms with van der Waals surface area (Å²) in [5, 5.41) is 19.3. The Bertz CT molecular complexity index is 1030. The Kier molecular flexibility index (Phi) is 3.83. The second-order valence-corrected chi connectivity index (χ2v) is 6.13. The van der Waals surface area contributed by atoms with Gasteiger partial charge in [-0.2, -0.15) is 5.26 Å². The van der Waals surface area contributed by atoms with Crippen molar-refractivity contribution < 1.29 is 9.84 Å².